The summed E-state index contributed by atoms with van der Waals surface area (Å²) in [5, 5.41) is 2.81. The first-order valence-electron chi connectivity index (χ1n) is 8.97. The zero-order valence-electron chi connectivity index (χ0n) is 15.8. The number of anilines is 1. The molecule has 0 bridgehead atoms. The summed E-state index contributed by atoms with van der Waals surface area (Å²) in [6.07, 6.45) is 5.92. The van der Waals surface area contributed by atoms with Crippen molar-refractivity contribution in [2.24, 2.45) is 0 Å². The highest BCUT2D eigenvalue weighted by Gasteiger charge is 2.23. The number of nitrogens with zero attached hydrogens (tertiary/aromatic N) is 2. The maximum absolute atomic E-state index is 12.5. The molecule has 26 heavy (non-hydrogen) atoms. The van der Waals surface area contributed by atoms with E-state index in [1.807, 2.05) is 0 Å². The number of carbonyl (C=O) groups excluding carboxylic acids is 1. The molecule has 1 aliphatic rings. The summed E-state index contributed by atoms with van der Waals surface area (Å²) < 4.78 is 31.2. The Balaban J connectivity index is 2.10. The Hall–Kier alpha value is -1.64. The Morgan fingerprint density at radius 1 is 1.15 bits per heavy atom. The second-order valence-corrected chi connectivity index (χ2v) is 8.87. The van der Waals surface area contributed by atoms with Crippen molar-refractivity contribution in [3.05, 3.63) is 18.2 Å². The Morgan fingerprint density at radius 3 is 2.35 bits per heavy atom. The minimum Gasteiger partial charge on any atom is -0.495 e. The smallest absolute Gasteiger partial charge is 0.246 e. The van der Waals surface area contributed by atoms with Crippen LogP contribution in [-0.4, -0.2) is 64.4 Å². The second kappa shape index (κ2) is 9.34. The predicted octanol–water partition coefficient (Wildman–Crippen LogP) is 2.15. The molecule has 0 atom stereocenters. The van der Waals surface area contributed by atoms with Gasteiger partial charge in [-0.25, -0.2) is 12.7 Å². The SMILES string of the molecule is COc1ccc(NC(=O)CN2CCCCCCC2)cc1S(=O)(=O)N(C)C. The third-order valence-corrected chi connectivity index (χ3v) is 6.36. The van der Waals surface area contributed by atoms with Gasteiger partial charge < -0.3 is 10.1 Å². The number of amides is 1. The summed E-state index contributed by atoms with van der Waals surface area (Å²) in [6.45, 7) is 2.17. The van der Waals surface area contributed by atoms with Crippen LogP contribution in [0.25, 0.3) is 0 Å². The highest BCUT2D eigenvalue weighted by atomic mass is 32.2. The Morgan fingerprint density at radius 2 is 1.77 bits per heavy atom. The molecular formula is C18H29N3O4S. The maximum atomic E-state index is 12.5. The average Bonchev–Trinajstić information content (AvgIpc) is 2.57. The van der Waals surface area contributed by atoms with Gasteiger partial charge in [-0.15, -0.1) is 0 Å². The Labute approximate surface area is 156 Å². The zero-order chi connectivity index (χ0) is 19.2. The summed E-state index contributed by atoms with van der Waals surface area (Å²) in [6, 6.07) is 4.65. The van der Waals surface area contributed by atoms with Crippen molar-refractivity contribution in [2.45, 2.75) is 37.0 Å². The van der Waals surface area contributed by atoms with E-state index in [1.54, 1.807) is 12.1 Å². The van der Waals surface area contributed by atoms with Gasteiger partial charge in [-0.3, -0.25) is 9.69 Å². The van der Waals surface area contributed by atoms with Crippen molar-refractivity contribution in [2.75, 3.05) is 46.2 Å². The molecule has 1 saturated heterocycles. The summed E-state index contributed by atoms with van der Waals surface area (Å²) in [4.78, 5) is 14.6. The van der Waals surface area contributed by atoms with Gasteiger partial charge in [-0.05, 0) is 44.1 Å². The molecule has 7 nitrogen and oxygen atoms in total. The van der Waals surface area contributed by atoms with Crippen LogP contribution >= 0.6 is 0 Å². The molecule has 0 saturated carbocycles. The monoisotopic (exact) mass is 383 g/mol. The van der Waals surface area contributed by atoms with Crippen LogP contribution < -0.4 is 10.1 Å². The molecule has 0 aromatic heterocycles. The summed E-state index contributed by atoms with van der Waals surface area (Å²) >= 11 is 0. The van der Waals surface area contributed by atoms with Crippen LogP contribution in [0.3, 0.4) is 0 Å². The van der Waals surface area contributed by atoms with Crippen molar-refractivity contribution in [3.63, 3.8) is 0 Å². The quantitative estimate of drug-likeness (QED) is 0.814. The molecule has 1 aromatic rings. The van der Waals surface area contributed by atoms with E-state index in [9.17, 15) is 13.2 Å². The minimum atomic E-state index is -3.67. The lowest BCUT2D eigenvalue weighted by Gasteiger charge is -2.23. The van der Waals surface area contributed by atoms with Crippen molar-refractivity contribution in [1.29, 1.82) is 0 Å². The number of rotatable bonds is 6. The summed E-state index contributed by atoms with van der Waals surface area (Å²) in [5.41, 5.74) is 0.447. The van der Waals surface area contributed by atoms with Crippen LogP contribution in [0.2, 0.25) is 0 Å². The molecule has 1 aromatic carbocycles. The molecule has 1 amide bonds. The number of nitrogens with one attached hydrogen (secondary N) is 1. The molecule has 146 valence electrons. The summed E-state index contributed by atoms with van der Waals surface area (Å²) in [5.74, 6) is 0.115. The van der Waals surface area contributed by atoms with Crippen LogP contribution in [0.1, 0.15) is 32.1 Å². The van der Waals surface area contributed by atoms with Gasteiger partial charge in [0.05, 0.1) is 13.7 Å². The van der Waals surface area contributed by atoms with Gasteiger partial charge in [-0.1, -0.05) is 19.3 Å². The average molecular weight is 384 g/mol. The number of ether oxygens (including phenoxy) is 1. The first-order chi connectivity index (χ1) is 12.3. The van der Waals surface area contributed by atoms with Crippen molar-refractivity contribution in [3.8, 4) is 5.75 Å². The van der Waals surface area contributed by atoms with E-state index < -0.39 is 10.0 Å². The number of methoxy groups -OCH3 is 1. The Bertz CT molecular complexity index is 711. The van der Waals surface area contributed by atoms with Crippen LogP contribution in [0.4, 0.5) is 5.69 Å². The molecule has 1 heterocycles. The minimum absolute atomic E-state index is 0.0362. The fraction of sp³-hybridized carbons (Fsp3) is 0.611. The van der Waals surface area contributed by atoms with Crippen molar-refractivity contribution < 1.29 is 17.9 Å². The molecule has 0 spiro atoms. The van der Waals surface area contributed by atoms with E-state index in [4.69, 9.17) is 4.74 Å². The molecule has 0 unspecified atom stereocenters. The van der Waals surface area contributed by atoms with E-state index in [0.29, 0.717) is 12.2 Å². The predicted molar refractivity (Wildman–Crippen MR) is 102 cm³/mol. The largest absolute Gasteiger partial charge is 0.495 e. The van der Waals surface area contributed by atoms with Crippen LogP contribution in [-0.2, 0) is 14.8 Å². The lowest BCUT2D eigenvalue weighted by molar-refractivity contribution is -0.117. The van der Waals surface area contributed by atoms with Gasteiger partial charge >= 0.3 is 0 Å². The molecule has 0 radical (unpaired) electrons. The fourth-order valence-corrected chi connectivity index (χ4v) is 4.10. The van der Waals surface area contributed by atoms with Crippen LogP contribution in [0.15, 0.2) is 23.1 Å². The summed E-state index contributed by atoms with van der Waals surface area (Å²) in [7, 11) is 0.674. The number of hydrogen-bond donors (Lipinski definition) is 1. The van der Waals surface area contributed by atoms with Gasteiger partial charge in [0.15, 0.2) is 0 Å². The first kappa shape index (κ1) is 20.7. The first-order valence-corrected chi connectivity index (χ1v) is 10.4. The van der Waals surface area contributed by atoms with E-state index >= 15 is 0 Å². The van der Waals surface area contributed by atoms with Gasteiger partial charge in [0.25, 0.3) is 0 Å². The van der Waals surface area contributed by atoms with Crippen molar-refractivity contribution in [1.82, 2.24) is 9.21 Å². The highest BCUT2D eigenvalue weighted by Crippen LogP contribution is 2.28. The van der Waals surface area contributed by atoms with Crippen LogP contribution in [0, 0.1) is 0 Å². The molecule has 1 fully saturated rings. The van der Waals surface area contributed by atoms with E-state index in [-0.39, 0.29) is 16.6 Å². The van der Waals surface area contributed by atoms with E-state index in [0.717, 1.165) is 30.2 Å². The van der Waals surface area contributed by atoms with Crippen molar-refractivity contribution >= 4 is 21.6 Å². The highest BCUT2D eigenvalue weighted by molar-refractivity contribution is 7.89. The number of sulfonamides is 1. The lowest BCUT2D eigenvalue weighted by atomic mass is 10.1. The van der Waals surface area contributed by atoms with Gasteiger partial charge in [0, 0.05) is 19.8 Å². The number of hydrogen-bond acceptors (Lipinski definition) is 5. The molecule has 0 aliphatic carbocycles. The lowest BCUT2D eigenvalue weighted by Crippen LogP contribution is -2.35. The normalized spacial score (nSPS) is 16.8. The third-order valence-electron chi connectivity index (χ3n) is 4.52. The number of carbonyl (C=O) groups is 1. The van der Waals surface area contributed by atoms with Gasteiger partial charge in [0.1, 0.15) is 10.6 Å². The van der Waals surface area contributed by atoms with Gasteiger partial charge in [-0.2, -0.15) is 0 Å². The third kappa shape index (κ3) is 5.43. The van der Waals surface area contributed by atoms with Gasteiger partial charge in [0.2, 0.25) is 15.9 Å². The van der Waals surface area contributed by atoms with Crippen LogP contribution in [0.5, 0.6) is 5.75 Å². The maximum Gasteiger partial charge on any atom is 0.246 e. The number of likely N-dealkylation sites (tertiary alicyclic amines) is 1. The standard InChI is InChI=1S/C18H29N3O4S/c1-20(2)26(23,24)17-13-15(9-10-16(17)25-3)19-18(22)14-21-11-7-5-4-6-8-12-21/h9-10,13H,4-8,11-12,14H2,1-3H3,(H,19,22). The Kier molecular flexibility index (Phi) is 7.43. The molecule has 2 rings (SSSR count). The topological polar surface area (TPSA) is 79.0 Å². The van der Waals surface area contributed by atoms with E-state index in [1.165, 1.54) is 46.5 Å². The second-order valence-electron chi connectivity index (χ2n) is 6.75. The molecule has 8 heteroatoms. The zero-order valence-corrected chi connectivity index (χ0v) is 16.6. The van der Waals surface area contributed by atoms with E-state index in [2.05, 4.69) is 10.2 Å². The molecule has 1 aliphatic heterocycles. The fourth-order valence-electron chi connectivity index (χ4n) is 3.03. The molecule has 1 N–H and O–H groups in total. The molecular weight excluding hydrogens is 354 g/mol. The number of benzene rings is 1.